The Labute approximate surface area is 189 Å². The average molecular weight is 436 g/mol. The van der Waals surface area contributed by atoms with Gasteiger partial charge in [-0.3, -0.25) is 9.69 Å². The highest BCUT2D eigenvalue weighted by Gasteiger charge is 2.26. The molecule has 7 heteroatoms. The van der Waals surface area contributed by atoms with E-state index in [0.29, 0.717) is 11.5 Å². The lowest BCUT2D eigenvalue weighted by Crippen LogP contribution is -2.32. The van der Waals surface area contributed by atoms with Gasteiger partial charge in [0.25, 0.3) is 5.91 Å². The summed E-state index contributed by atoms with van der Waals surface area (Å²) >= 11 is 0. The fraction of sp³-hybridized carbons (Fsp3) is 0.480. The van der Waals surface area contributed by atoms with Gasteiger partial charge < -0.3 is 14.3 Å². The molecular weight excluding hydrogens is 402 g/mol. The third kappa shape index (κ3) is 5.27. The molecule has 170 valence electrons. The smallest absolute Gasteiger partial charge is 0.251 e. The molecule has 0 fully saturated rings. The summed E-state index contributed by atoms with van der Waals surface area (Å²) in [5.41, 5.74) is 2.86. The SMILES string of the molecule is Cc1cc(C)cc(C(=O)N[C@@H](CC(C)C)c2nnc3n2CCN(Cc2ccco2)CC3)c1. The first-order chi connectivity index (χ1) is 15.4. The lowest BCUT2D eigenvalue weighted by Gasteiger charge is -2.22. The molecule has 1 amide bonds. The van der Waals surface area contributed by atoms with Crippen LogP contribution >= 0.6 is 0 Å². The van der Waals surface area contributed by atoms with Crippen LogP contribution in [-0.2, 0) is 19.5 Å². The van der Waals surface area contributed by atoms with Crippen LogP contribution in [0.5, 0.6) is 0 Å². The number of furan rings is 1. The fourth-order valence-electron chi connectivity index (χ4n) is 4.48. The Morgan fingerprint density at radius 3 is 2.59 bits per heavy atom. The Bertz CT molecular complexity index is 1030. The van der Waals surface area contributed by atoms with Crippen molar-refractivity contribution in [3.05, 3.63) is 70.7 Å². The lowest BCUT2D eigenvalue weighted by atomic mass is 10.0. The summed E-state index contributed by atoms with van der Waals surface area (Å²) in [5.74, 6) is 3.16. The quantitative estimate of drug-likeness (QED) is 0.606. The number of amides is 1. The van der Waals surface area contributed by atoms with Crippen LogP contribution in [0.15, 0.2) is 41.0 Å². The summed E-state index contributed by atoms with van der Waals surface area (Å²) in [7, 11) is 0. The lowest BCUT2D eigenvalue weighted by molar-refractivity contribution is 0.0928. The predicted molar refractivity (Wildman–Crippen MR) is 123 cm³/mol. The highest BCUT2D eigenvalue weighted by molar-refractivity contribution is 5.94. The van der Waals surface area contributed by atoms with Crippen LogP contribution in [0, 0.1) is 19.8 Å². The maximum absolute atomic E-state index is 13.1. The van der Waals surface area contributed by atoms with Gasteiger partial charge in [-0.25, -0.2) is 0 Å². The number of rotatable bonds is 7. The summed E-state index contributed by atoms with van der Waals surface area (Å²) in [4.78, 5) is 15.5. The molecule has 0 unspecified atom stereocenters. The Morgan fingerprint density at radius 1 is 1.12 bits per heavy atom. The van der Waals surface area contributed by atoms with Crippen molar-refractivity contribution in [2.24, 2.45) is 5.92 Å². The van der Waals surface area contributed by atoms with Crippen LogP contribution < -0.4 is 5.32 Å². The molecule has 3 aromatic rings. The molecule has 0 radical (unpaired) electrons. The maximum atomic E-state index is 13.1. The molecule has 0 spiro atoms. The highest BCUT2D eigenvalue weighted by Crippen LogP contribution is 2.23. The van der Waals surface area contributed by atoms with Crippen molar-refractivity contribution in [1.29, 1.82) is 0 Å². The zero-order chi connectivity index (χ0) is 22.7. The first-order valence-corrected chi connectivity index (χ1v) is 11.4. The number of carbonyl (C=O) groups excluding carboxylic acids is 1. The number of aryl methyl sites for hydroxylation is 2. The van der Waals surface area contributed by atoms with Crippen molar-refractivity contribution >= 4 is 5.91 Å². The van der Waals surface area contributed by atoms with Crippen molar-refractivity contribution in [1.82, 2.24) is 25.0 Å². The molecule has 32 heavy (non-hydrogen) atoms. The van der Waals surface area contributed by atoms with Gasteiger partial charge in [-0.15, -0.1) is 10.2 Å². The molecule has 1 aliphatic rings. The third-order valence-electron chi connectivity index (χ3n) is 5.92. The van der Waals surface area contributed by atoms with E-state index in [2.05, 4.69) is 44.9 Å². The number of carbonyl (C=O) groups is 1. The van der Waals surface area contributed by atoms with Gasteiger partial charge in [-0.05, 0) is 50.5 Å². The van der Waals surface area contributed by atoms with E-state index in [4.69, 9.17) is 4.42 Å². The molecule has 1 aromatic carbocycles. The summed E-state index contributed by atoms with van der Waals surface area (Å²) in [5, 5.41) is 12.3. The molecule has 1 N–H and O–H groups in total. The van der Waals surface area contributed by atoms with E-state index >= 15 is 0 Å². The summed E-state index contributed by atoms with van der Waals surface area (Å²) in [6.07, 6.45) is 3.35. The number of hydrogen-bond donors (Lipinski definition) is 1. The molecule has 1 aliphatic heterocycles. The van der Waals surface area contributed by atoms with Crippen molar-refractivity contribution in [2.45, 2.75) is 59.7 Å². The van der Waals surface area contributed by atoms with Gasteiger partial charge in [-0.1, -0.05) is 31.0 Å². The number of benzene rings is 1. The van der Waals surface area contributed by atoms with Gasteiger partial charge in [0, 0.05) is 31.6 Å². The van der Waals surface area contributed by atoms with Crippen LogP contribution in [0.25, 0.3) is 0 Å². The Kier molecular flexibility index (Phi) is 6.74. The predicted octanol–water partition coefficient (Wildman–Crippen LogP) is 4.06. The molecule has 0 saturated carbocycles. The number of fused-ring (bicyclic) bond motifs is 1. The molecule has 0 saturated heterocycles. The topological polar surface area (TPSA) is 76.2 Å². The average Bonchev–Trinajstić information content (AvgIpc) is 3.34. The van der Waals surface area contributed by atoms with Crippen LogP contribution in [0.1, 0.15) is 65.2 Å². The van der Waals surface area contributed by atoms with E-state index in [-0.39, 0.29) is 11.9 Å². The third-order valence-corrected chi connectivity index (χ3v) is 5.92. The van der Waals surface area contributed by atoms with Gasteiger partial charge in [0.15, 0.2) is 5.82 Å². The van der Waals surface area contributed by atoms with Gasteiger partial charge >= 0.3 is 0 Å². The second kappa shape index (κ2) is 9.69. The maximum Gasteiger partial charge on any atom is 0.251 e. The monoisotopic (exact) mass is 435 g/mol. The van der Waals surface area contributed by atoms with E-state index in [9.17, 15) is 4.79 Å². The number of nitrogens with zero attached hydrogens (tertiary/aromatic N) is 4. The zero-order valence-corrected chi connectivity index (χ0v) is 19.5. The van der Waals surface area contributed by atoms with Crippen LogP contribution in [0.3, 0.4) is 0 Å². The van der Waals surface area contributed by atoms with E-state index in [1.807, 2.05) is 38.1 Å². The molecule has 4 rings (SSSR count). The molecular formula is C25H33N5O2. The van der Waals surface area contributed by atoms with Gasteiger partial charge in [0.05, 0.1) is 18.8 Å². The standard InChI is InChI=1S/C25H33N5O2/c1-17(2)12-22(26-25(31)20-14-18(3)13-19(4)15-20)24-28-27-23-7-8-29(9-10-30(23)24)16-21-6-5-11-32-21/h5-6,11,13-15,17,22H,7-10,12,16H2,1-4H3,(H,26,31)/t22-/m0/s1. The molecule has 2 aromatic heterocycles. The minimum absolute atomic E-state index is 0.0622. The Hall–Kier alpha value is -2.93. The van der Waals surface area contributed by atoms with Gasteiger partial charge in [-0.2, -0.15) is 0 Å². The summed E-state index contributed by atoms with van der Waals surface area (Å²) < 4.78 is 7.73. The fourth-order valence-corrected chi connectivity index (χ4v) is 4.48. The molecule has 3 heterocycles. The largest absolute Gasteiger partial charge is 0.468 e. The first kappa shape index (κ1) is 22.3. The second-order valence-electron chi connectivity index (χ2n) is 9.26. The molecule has 1 atom stereocenters. The Morgan fingerprint density at radius 2 is 1.91 bits per heavy atom. The summed E-state index contributed by atoms with van der Waals surface area (Å²) in [6, 6.07) is 9.71. The van der Waals surface area contributed by atoms with Crippen LogP contribution in [0.4, 0.5) is 0 Å². The van der Waals surface area contributed by atoms with E-state index < -0.39 is 0 Å². The zero-order valence-electron chi connectivity index (χ0n) is 19.5. The van der Waals surface area contributed by atoms with Crippen molar-refractivity contribution in [3.8, 4) is 0 Å². The second-order valence-corrected chi connectivity index (χ2v) is 9.26. The van der Waals surface area contributed by atoms with Crippen molar-refractivity contribution < 1.29 is 9.21 Å². The van der Waals surface area contributed by atoms with Gasteiger partial charge in [0.2, 0.25) is 0 Å². The molecule has 7 nitrogen and oxygen atoms in total. The number of hydrogen-bond acceptors (Lipinski definition) is 5. The van der Waals surface area contributed by atoms with E-state index in [1.54, 1.807) is 6.26 Å². The normalized spacial score (nSPS) is 15.4. The van der Waals surface area contributed by atoms with E-state index in [1.165, 1.54) is 0 Å². The van der Waals surface area contributed by atoms with Crippen molar-refractivity contribution in [2.75, 3.05) is 13.1 Å². The molecule has 0 aliphatic carbocycles. The molecule has 0 bridgehead atoms. The van der Waals surface area contributed by atoms with E-state index in [0.717, 1.165) is 67.6 Å². The van der Waals surface area contributed by atoms with Crippen molar-refractivity contribution in [3.63, 3.8) is 0 Å². The van der Waals surface area contributed by atoms with Gasteiger partial charge in [0.1, 0.15) is 11.6 Å². The Balaban J connectivity index is 1.52. The number of aromatic nitrogens is 3. The van der Waals surface area contributed by atoms with Crippen LogP contribution in [0.2, 0.25) is 0 Å². The minimum Gasteiger partial charge on any atom is -0.468 e. The van der Waals surface area contributed by atoms with Crippen LogP contribution in [-0.4, -0.2) is 38.7 Å². The minimum atomic E-state index is -0.179. The first-order valence-electron chi connectivity index (χ1n) is 11.4. The number of nitrogens with one attached hydrogen (secondary N) is 1. The highest BCUT2D eigenvalue weighted by atomic mass is 16.3. The summed E-state index contributed by atoms with van der Waals surface area (Å²) in [6.45, 7) is 11.7.